The molecule has 0 saturated heterocycles. The number of anilines is 1. The highest BCUT2D eigenvalue weighted by atomic mass is 35.5. The number of sulfone groups is 1. The molecule has 0 aliphatic heterocycles. The monoisotopic (exact) mass is 279 g/mol. The van der Waals surface area contributed by atoms with Crippen molar-refractivity contribution in [3.8, 4) is 0 Å². The normalized spacial score (nSPS) is 11.5. The predicted octanol–water partition coefficient (Wildman–Crippen LogP) is 2.72. The van der Waals surface area contributed by atoms with Gasteiger partial charge in [0.15, 0.2) is 0 Å². The zero-order chi connectivity index (χ0) is 12.9. The van der Waals surface area contributed by atoms with Crippen LogP contribution in [-0.4, -0.2) is 26.5 Å². The van der Waals surface area contributed by atoms with Crippen LogP contribution in [0.4, 0.5) is 10.1 Å². The summed E-state index contributed by atoms with van der Waals surface area (Å²) in [6, 6.07) is 4.21. The molecule has 0 aliphatic carbocycles. The molecule has 6 heteroatoms. The van der Waals surface area contributed by atoms with Crippen molar-refractivity contribution >= 4 is 27.1 Å². The molecule has 0 atom stereocenters. The summed E-state index contributed by atoms with van der Waals surface area (Å²) in [4.78, 5) is 0. The van der Waals surface area contributed by atoms with E-state index in [4.69, 9.17) is 11.6 Å². The van der Waals surface area contributed by atoms with E-state index in [-0.39, 0.29) is 11.5 Å². The van der Waals surface area contributed by atoms with Crippen molar-refractivity contribution in [2.24, 2.45) is 0 Å². The Labute approximate surface area is 106 Å². The maximum absolute atomic E-state index is 13.3. The number of nitrogens with one attached hydrogen (secondary N) is 1. The molecule has 0 fully saturated rings. The third kappa shape index (κ3) is 4.91. The van der Waals surface area contributed by atoms with E-state index in [1.165, 1.54) is 18.2 Å². The second kappa shape index (κ2) is 6.21. The predicted molar refractivity (Wildman–Crippen MR) is 68.8 cm³/mol. The summed E-state index contributed by atoms with van der Waals surface area (Å²) in [6.07, 6.45) is 0.447. The second-order valence-electron chi connectivity index (χ2n) is 3.64. The Bertz CT molecular complexity index is 476. The van der Waals surface area contributed by atoms with Gasteiger partial charge in [-0.25, -0.2) is 12.8 Å². The van der Waals surface area contributed by atoms with Gasteiger partial charge in [-0.2, -0.15) is 0 Å². The average molecular weight is 280 g/mol. The van der Waals surface area contributed by atoms with Crippen LogP contribution in [0.3, 0.4) is 0 Å². The largest absolute Gasteiger partial charge is 0.383 e. The number of rotatable bonds is 6. The van der Waals surface area contributed by atoms with E-state index in [0.717, 1.165) is 0 Å². The number of halogens is 2. The fourth-order valence-electron chi connectivity index (χ4n) is 1.29. The second-order valence-corrected chi connectivity index (χ2v) is 6.55. The summed E-state index contributed by atoms with van der Waals surface area (Å²) in [5.74, 6) is -0.148. The summed E-state index contributed by atoms with van der Waals surface area (Å²) in [5, 5.41) is 3.27. The first kappa shape index (κ1) is 14.3. The first-order valence-corrected chi connectivity index (χ1v) is 7.54. The van der Waals surface area contributed by atoms with Crippen LogP contribution in [0.5, 0.6) is 0 Å². The molecule has 0 spiro atoms. The van der Waals surface area contributed by atoms with Crippen LogP contribution in [0.2, 0.25) is 5.02 Å². The molecule has 0 aliphatic rings. The molecular weight excluding hydrogens is 265 g/mol. The summed E-state index contributed by atoms with van der Waals surface area (Å²) < 4.78 is 35.7. The Hall–Kier alpha value is -0.810. The van der Waals surface area contributed by atoms with Gasteiger partial charge in [-0.15, -0.1) is 0 Å². The molecule has 0 bridgehead atoms. The van der Waals surface area contributed by atoms with Gasteiger partial charge in [-0.1, -0.05) is 18.5 Å². The van der Waals surface area contributed by atoms with E-state index >= 15 is 0 Å². The van der Waals surface area contributed by atoms with Crippen LogP contribution in [0.25, 0.3) is 0 Å². The average Bonchev–Trinajstić information content (AvgIpc) is 2.29. The molecule has 1 rings (SSSR count). The van der Waals surface area contributed by atoms with Crippen molar-refractivity contribution < 1.29 is 12.8 Å². The van der Waals surface area contributed by atoms with Crippen molar-refractivity contribution in [1.29, 1.82) is 0 Å². The third-order valence-electron chi connectivity index (χ3n) is 2.32. The lowest BCUT2D eigenvalue weighted by atomic mass is 10.3. The van der Waals surface area contributed by atoms with Crippen molar-refractivity contribution in [3.63, 3.8) is 0 Å². The lowest BCUT2D eigenvalue weighted by Gasteiger charge is -2.07. The van der Waals surface area contributed by atoms with E-state index in [9.17, 15) is 12.8 Å². The van der Waals surface area contributed by atoms with Crippen LogP contribution in [0, 0.1) is 5.82 Å². The van der Waals surface area contributed by atoms with Gasteiger partial charge in [0.2, 0.25) is 0 Å². The Morgan fingerprint density at radius 3 is 2.76 bits per heavy atom. The minimum absolute atomic E-state index is 0.110. The number of hydrogen-bond donors (Lipinski definition) is 1. The summed E-state index contributed by atoms with van der Waals surface area (Å²) in [5.41, 5.74) is 0.298. The van der Waals surface area contributed by atoms with E-state index in [2.05, 4.69) is 5.32 Å². The highest BCUT2D eigenvalue weighted by Gasteiger charge is 2.07. The molecule has 1 aromatic carbocycles. The van der Waals surface area contributed by atoms with Gasteiger partial charge in [-0.05, 0) is 24.6 Å². The fourth-order valence-corrected chi connectivity index (χ4v) is 2.34. The highest BCUT2D eigenvalue weighted by Crippen LogP contribution is 2.19. The summed E-state index contributed by atoms with van der Waals surface area (Å²) in [6.45, 7) is 2.01. The van der Waals surface area contributed by atoms with Crippen molar-refractivity contribution in [2.45, 2.75) is 13.3 Å². The Kier molecular flexibility index (Phi) is 5.21. The topological polar surface area (TPSA) is 46.2 Å². The molecule has 0 aromatic heterocycles. The quantitative estimate of drug-likeness (QED) is 0.815. The maximum Gasteiger partial charge on any atom is 0.150 e. The van der Waals surface area contributed by atoms with Crippen molar-refractivity contribution in [3.05, 3.63) is 29.0 Å². The number of benzene rings is 1. The molecule has 0 radical (unpaired) electrons. The molecule has 1 N–H and O–H groups in total. The van der Waals surface area contributed by atoms with Gasteiger partial charge in [0, 0.05) is 17.3 Å². The minimum Gasteiger partial charge on any atom is -0.383 e. The summed E-state index contributed by atoms with van der Waals surface area (Å²) >= 11 is 5.72. The molecule has 1 aromatic rings. The van der Waals surface area contributed by atoms with Gasteiger partial charge >= 0.3 is 0 Å². The molecule has 96 valence electrons. The molecule has 17 heavy (non-hydrogen) atoms. The Morgan fingerprint density at radius 1 is 1.41 bits per heavy atom. The van der Waals surface area contributed by atoms with E-state index < -0.39 is 15.7 Å². The maximum atomic E-state index is 13.3. The molecule has 0 amide bonds. The van der Waals surface area contributed by atoms with Gasteiger partial charge < -0.3 is 5.32 Å². The van der Waals surface area contributed by atoms with Crippen LogP contribution in [0.15, 0.2) is 18.2 Å². The fraction of sp³-hybridized carbons (Fsp3) is 0.455. The zero-order valence-electron chi connectivity index (χ0n) is 9.54. The SMILES string of the molecule is CCS(=O)(=O)CCCNc1cc(Cl)ccc1F. The Morgan fingerprint density at radius 2 is 2.12 bits per heavy atom. The van der Waals surface area contributed by atoms with Crippen molar-refractivity contribution in [2.75, 3.05) is 23.4 Å². The van der Waals surface area contributed by atoms with Crippen LogP contribution in [-0.2, 0) is 9.84 Å². The first-order chi connectivity index (χ1) is 7.94. The lowest BCUT2D eigenvalue weighted by molar-refractivity contribution is 0.595. The lowest BCUT2D eigenvalue weighted by Crippen LogP contribution is -2.13. The number of hydrogen-bond acceptors (Lipinski definition) is 3. The van der Waals surface area contributed by atoms with Gasteiger partial charge in [-0.3, -0.25) is 0 Å². The highest BCUT2D eigenvalue weighted by molar-refractivity contribution is 7.91. The van der Waals surface area contributed by atoms with Gasteiger partial charge in [0.25, 0.3) is 0 Å². The summed E-state index contributed by atoms with van der Waals surface area (Å²) in [7, 11) is -2.95. The first-order valence-electron chi connectivity index (χ1n) is 5.34. The van der Waals surface area contributed by atoms with E-state index in [1.807, 2.05) is 0 Å². The third-order valence-corrected chi connectivity index (χ3v) is 4.34. The van der Waals surface area contributed by atoms with E-state index in [0.29, 0.717) is 23.7 Å². The van der Waals surface area contributed by atoms with E-state index in [1.54, 1.807) is 6.92 Å². The van der Waals surface area contributed by atoms with Crippen LogP contribution < -0.4 is 5.32 Å². The molecule has 0 heterocycles. The van der Waals surface area contributed by atoms with Crippen LogP contribution >= 0.6 is 11.6 Å². The Balaban J connectivity index is 2.44. The smallest absolute Gasteiger partial charge is 0.150 e. The molecular formula is C11H15ClFNO2S. The molecule has 3 nitrogen and oxygen atoms in total. The minimum atomic E-state index is -2.95. The van der Waals surface area contributed by atoms with Crippen LogP contribution in [0.1, 0.15) is 13.3 Å². The standard InChI is InChI=1S/C11H15ClFNO2S/c1-2-17(15,16)7-3-6-14-11-8-9(12)4-5-10(11)13/h4-5,8,14H,2-3,6-7H2,1H3. The van der Waals surface area contributed by atoms with Crippen molar-refractivity contribution in [1.82, 2.24) is 0 Å². The molecule has 0 saturated carbocycles. The van der Waals surface area contributed by atoms with Gasteiger partial charge in [0.1, 0.15) is 15.7 Å². The zero-order valence-corrected chi connectivity index (χ0v) is 11.1. The molecule has 0 unspecified atom stereocenters. The van der Waals surface area contributed by atoms with Gasteiger partial charge in [0.05, 0.1) is 11.4 Å².